The van der Waals surface area contributed by atoms with E-state index >= 15 is 0 Å². The first-order chi connectivity index (χ1) is 10.3. The molecule has 0 radical (unpaired) electrons. The standard InChI is InChI=1S/C14H14Cl2N2O3S/c1-9-6-11(7-12(15)14(9)16)22(19,20)18-13-5-3-4-10(17-13)8-21-2/h3-7H,8H2,1-2H3,(H,17,18). The Bertz CT molecular complexity index is 771. The van der Waals surface area contributed by atoms with Crippen LogP contribution in [-0.2, 0) is 21.4 Å². The lowest BCUT2D eigenvalue weighted by Crippen LogP contribution is -2.14. The molecule has 2 rings (SSSR count). The third kappa shape index (κ3) is 3.89. The molecule has 0 atom stereocenters. The van der Waals surface area contributed by atoms with Crippen LogP contribution in [0.2, 0.25) is 10.0 Å². The van der Waals surface area contributed by atoms with E-state index in [2.05, 4.69) is 9.71 Å². The molecule has 0 aliphatic carbocycles. The molecule has 2 aromatic rings. The van der Waals surface area contributed by atoms with Gasteiger partial charge in [0.25, 0.3) is 10.0 Å². The Morgan fingerprint density at radius 3 is 2.64 bits per heavy atom. The summed E-state index contributed by atoms with van der Waals surface area (Å²) in [6, 6.07) is 7.75. The number of hydrogen-bond acceptors (Lipinski definition) is 4. The highest BCUT2D eigenvalue weighted by atomic mass is 35.5. The highest BCUT2D eigenvalue weighted by molar-refractivity contribution is 7.92. The molecule has 1 N–H and O–H groups in total. The van der Waals surface area contributed by atoms with Gasteiger partial charge in [-0.3, -0.25) is 4.72 Å². The van der Waals surface area contributed by atoms with Crippen molar-refractivity contribution in [1.29, 1.82) is 0 Å². The summed E-state index contributed by atoms with van der Waals surface area (Å²) in [5, 5.41) is 0.518. The molecule has 5 nitrogen and oxygen atoms in total. The summed E-state index contributed by atoms with van der Waals surface area (Å²) in [6.07, 6.45) is 0. The smallest absolute Gasteiger partial charge is 0.263 e. The predicted octanol–water partition coefficient (Wildman–Crippen LogP) is 3.64. The van der Waals surface area contributed by atoms with Crippen LogP contribution in [0.3, 0.4) is 0 Å². The third-order valence-corrected chi connectivity index (χ3v) is 5.06. The number of ether oxygens (including phenoxy) is 1. The number of hydrogen-bond donors (Lipinski definition) is 1. The molecule has 0 fully saturated rings. The SMILES string of the molecule is COCc1cccc(NS(=O)(=O)c2cc(C)c(Cl)c(Cl)c2)n1. The lowest BCUT2D eigenvalue weighted by molar-refractivity contribution is 0.181. The van der Waals surface area contributed by atoms with E-state index in [0.717, 1.165) is 0 Å². The van der Waals surface area contributed by atoms with Gasteiger partial charge in [-0.15, -0.1) is 0 Å². The second-order valence-corrected chi connectivity index (χ2v) is 7.06. The van der Waals surface area contributed by atoms with Gasteiger partial charge in [0.15, 0.2) is 0 Å². The predicted molar refractivity (Wildman–Crippen MR) is 87.0 cm³/mol. The van der Waals surface area contributed by atoms with Crippen molar-refractivity contribution in [3.63, 3.8) is 0 Å². The molecule has 1 aromatic carbocycles. The first kappa shape index (κ1) is 17.0. The van der Waals surface area contributed by atoms with Crippen molar-refractivity contribution in [2.24, 2.45) is 0 Å². The molecule has 0 aliphatic heterocycles. The summed E-state index contributed by atoms with van der Waals surface area (Å²) < 4.78 is 32.2. The molecule has 22 heavy (non-hydrogen) atoms. The molecule has 1 heterocycles. The molecule has 118 valence electrons. The van der Waals surface area contributed by atoms with Gasteiger partial charge in [-0.25, -0.2) is 13.4 Å². The number of pyridine rings is 1. The summed E-state index contributed by atoms with van der Waals surface area (Å²) in [4.78, 5) is 4.19. The monoisotopic (exact) mass is 360 g/mol. The van der Waals surface area contributed by atoms with E-state index in [1.165, 1.54) is 19.2 Å². The topological polar surface area (TPSA) is 68.3 Å². The van der Waals surface area contributed by atoms with Crippen LogP contribution < -0.4 is 4.72 Å². The molecule has 0 amide bonds. The van der Waals surface area contributed by atoms with Crippen LogP contribution in [0.15, 0.2) is 35.2 Å². The van der Waals surface area contributed by atoms with Gasteiger partial charge in [-0.1, -0.05) is 29.3 Å². The Morgan fingerprint density at radius 2 is 2.00 bits per heavy atom. The van der Waals surface area contributed by atoms with Crippen LogP contribution in [0.5, 0.6) is 0 Å². The quantitative estimate of drug-likeness (QED) is 0.883. The van der Waals surface area contributed by atoms with Crippen molar-refractivity contribution in [3.05, 3.63) is 51.6 Å². The van der Waals surface area contributed by atoms with Gasteiger partial charge in [-0.2, -0.15) is 0 Å². The average molecular weight is 361 g/mol. The minimum Gasteiger partial charge on any atom is -0.378 e. The number of anilines is 1. The van der Waals surface area contributed by atoms with Crippen LogP contribution >= 0.6 is 23.2 Å². The third-order valence-electron chi connectivity index (χ3n) is 2.83. The highest BCUT2D eigenvalue weighted by Crippen LogP contribution is 2.29. The van der Waals surface area contributed by atoms with E-state index in [1.54, 1.807) is 25.1 Å². The number of aryl methyl sites for hydroxylation is 1. The number of benzene rings is 1. The second-order valence-electron chi connectivity index (χ2n) is 4.59. The van der Waals surface area contributed by atoms with Crippen LogP contribution in [0.1, 0.15) is 11.3 Å². The maximum Gasteiger partial charge on any atom is 0.263 e. The van der Waals surface area contributed by atoms with E-state index in [1.807, 2.05) is 0 Å². The Kier molecular flexibility index (Phi) is 5.28. The number of methoxy groups -OCH3 is 1. The number of rotatable bonds is 5. The molecule has 0 saturated heterocycles. The van der Waals surface area contributed by atoms with Gasteiger partial charge >= 0.3 is 0 Å². The molecular formula is C14H14Cl2N2O3S. The van der Waals surface area contributed by atoms with Crippen LogP contribution in [0.4, 0.5) is 5.82 Å². The number of aromatic nitrogens is 1. The molecule has 0 spiro atoms. The maximum absolute atomic E-state index is 12.4. The van der Waals surface area contributed by atoms with Gasteiger partial charge in [-0.05, 0) is 36.8 Å². The molecule has 0 aliphatic rings. The normalized spacial score (nSPS) is 11.5. The Balaban J connectivity index is 2.34. The highest BCUT2D eigenvalue weighted by Gasteiger charge is 2.18. The van der Waals surface area contributed by atoms with Gasteiger partial charge in [0.05, 0.1) is 27.2 Å². The fraction of sp³-hybridized carbons (Fsp3) is 0.214. The van der Waals surface area contributed by atoms with Crippen molar-refractivity contribution < 1.29 is 13.2 Å². The summed E-state index contributed by atoms with van der Waals surface area (Å²) >= 11 is 11.9. The van der Waals surface area contributed by atoms with Crippen molar-refractivity contribution in [1.82, 2.24) is 4.98 Å². The zero-order valence-corrected chi connectivity index (χ0v) is 14.3. The lowest BCUT2D eigenvalue weighted by atomic mass is 10.2. The minimum absolute atomic E-state index is 0.0262. The zero-order chi connectivity index (χ0) is 16.3. The minimum atomic E-state index is -3.80. The Morgan fingerprint density at radius 1 is 1.27 bits per heavy atom. The first-order valence-corrected chi connectivity index (χ1v) is 8.51. The van der Waals surface area contributed by atoms with Crippen LogP contribution in [0, 0.1) is 6.92 Å². The molecule has 0 unspecified atom stereocenters. The zero-order valence-electron chi connectivity index (χ0n) is 11.9. The van der Waals surface area contributed by atoms with E-state index in [9.17, 15) is 8.42 Å². The van der Waals surface area contributed by atoms with Crippen LogP contribution in [-0.4, -0.2) is 20.5 Å². The van der Waals surface area contributed by atoms with Crippen molar-refractivity contribution >= 4 is 39.0 Å². The summed E-state index contributed by atoms with van der Waals surface area (Å²) in [7, 11) is -2.26. The van der Waals surface area contributed by atoms with E-state index in [4.69, 9.17) is 27.9 Å². The van der Waals surface area contributed by atoms with E-state index in [0.29, 0.717) is 22.9 Å². The van der Waals surface area contributed by atoms with Gasteiger partial charge in [0.1, 0.15) is 5.82 Å². The lowest BCUT2D eigenvalue weighted by Gasteiger charge is -2.10. The molecule has 8 heteroatoms. The molecule has 1 aromatic heterocycles. The van der Waals surface area contributed by atoms with Crippen LogP contribution in [0.25, 0.3) is 0 Å². The number of halogens is 2. The molecule has 0 bridgehead atoms. The second kappa shape index (κ2) is 6.83. The molecular weight excluding hydrogens is 347 g/mol. The molecule has 0 saturated carbocycles. The van der Waals surface area contributed by atoms with Gasteiger partial charge < -0.3 is 4.74 Å². The van der Waals surface area contributed by atoms with Gasteiger partial charge in [0.2, 0.25) is 0 Å². The van der Waals surface area contributed by atoms with Crippen molar-refractivity contribution in [3.8, 4) is 0 Å². The Hall–Kier alpha value is -1.34. The number of sulfonamides is 1. The Labute approximate surface area is 139 Å². The first-order valence-electron chi connectivity index (χ1n) is 6.27. The average Bonchev–Trinajstić information content (AvgIpc) is 2.44. The fourth-order valence-corrected chi connectivity index (χ4v) is 3.36. The largest absolute Gasteiger partial charge is 0.378 e. The summed E-state index contributed by atoms with van der Waals surface area (Å²) in [5.41, 5.74) is 1.20. The van der Waals surface area contributed by atoms with E-state index in [-0.39, 0.29) is 15.7 Å². The summed E-state index contributed by atoms with van der Waals surface area (Å²) in [6.45, 7) is 1.98. The number of nitrogens with zero attached hydrogens (tertiary/aromatic N) is 1. The van der Waals surface area contributed by atoms with Crippen molar-refractivity contribution in [2.45, 2.75) is 18.4 Å². The fourth-order valence-electron chi connectivity index (χ4n) is 1.81. The number of nitrogens with one attached hydrogen (secondary N) is 1. The maximum atomic E-state index is 12.4. The van der Waals surface area contributed by atoms with E-state index < -0.39 is 10.0 Å². The van der Waals surface area contributed by atoms with Crippen molar-refractivity contribution in [2.75, 3.05) is 11.8 Å². The van der Waals surface area contributed by atoms with Gasteiger partial charge in [0, 0.05) is 7.11 Å². The summed E-state index contributed by atoms with van der Waals surface area (Å²) in [5.74, 6) is 0.207.